The van der Waals surface area contributed by atoms with Crippen LogP contribution in [-0.2, 0) is 6.61 Å². The summed E-state index contributed by atoms with van der Waals surface area (Å²) in [5.41, 5.74) is 2.24. The van der Waals surface area contributed by atoms with Gasteiger partial charge in [-0.25, -0.2) is 9.48 Å². The Kier molecular flexibility index (Phi) is 7.58. The maximum Gasteiger partial charge on any atom is 0.339 e. The molecular weight excluding hydrogens is 514 g/mol. The van der Waals surface area contributed by atoms with Crippen molar-refractivity contribution < 1.29 is 28.2 Å². The molecule has 0 aliphatic carbocycles. The van der Waals surface area contributed by atoms with Crippen molar-refractivity contribution in [3.63, 3.8) is 0 Å². The van der Waals surface area contributed by atoms with Crippen LogP contribution in [0.15, 0.2) is 88.2 Å². The van der Waals surface area contributed by atoms with Crippen molar-refractivity contribution in [1.29, 1.82) is 0 Å². The molecule has 0 bridgehead atoms. The second-order valence-corrected chi connectivity index (χ2v) is 8.54. The number of para-hydroxylation sites is 1. The predicted molar refractivity (Wildman–Crippen MR) is 148 cm³/mol. The van der Waals surface area contributed by atoms with Gasteiger partial charge in [-0.05, 0) is 48.6 Å². The van der Waals surface area contributed by atoms with Gasteiger partial charge in [0, 0.05) is 11.1 Å². The van der Waals surface area contributed by atoms with Crippen LogP contribution >= 0.6 is 0 Å². The molecule has 0 radical (unpaired) electrons. The fourth-order valence-corrected chi connectivity index (χ4v) is 4.16. The first-order chi connectivity index (χ1) is 19.5. The van der Waals surface area contributed by atoms with Crippen molar-refractivity contribution >= 4 is 22.8 Å². The zero-order chi connectivity index (χ0) is 28.1. The Bertz CT molecular complexity index is 1770. The van der Waals surface area contributed by atoms with Crippen LogP contribution in [0.25, 0.3) is 22.7 Å². The topological polar surface area (TPSA) is 115 Å². The number of aromatic nitrogens is 3. The van der Waals surface area contributed by atoms with E-state index in [1.807, 2.05) is 18.2 Å². The third-order valence-electron chi connectivity index (χ3n) is 6.07. The van der Waals surface area contributed by atoms with E-state index in [9.17, 15) is 9.59 Å². The summed E-state index contributed by atoms with van der Waals surface area (Å²) in [7, 11) is 4.59. The van der Waals surface area contributed by atoms with Crippen LogP contribution in [0, 0.1) is 0 Å². The largest absolute Gasteiger partial charge is 0.493 e. The van der Waals surface area contributed by atoms with E-state index in [4.69, 9.17) is 23.4 Å². The molecule has 0 amide bonds. The first-order valence-corrected chi connectivity index (χ1v) is 12.2. The minimum Gasteiger partial charge on any atom is -0.493 e. The summed E-state index contributed by atoms with van der Waals surface area (Å²) in [5.74, 6) is 1.61. The Morgan fingerprint density at radius 1 is 0.925 bits per heavy atom. The first kappa shape index (κ1) is 26.2. The smallest absolute Gasteiger partial charge is 0.339 e. The van der Waals surface area contributed by atoms with Gasteiger partial charge in [0.05, 0.1) is 44.7 Å². The van der Waals surface area contributed by atoms with Crippen molar-refractivity contribution in [1.82, 2.24) is 15.0 Å². The molecule has 2 heterocycles. The van der Waals surface area contributed by atoms with Gasteiger partial charge in [-0.2, -0.15) is 0 Å². The molecule has 0 aliphatic heterocycles. The highest BCUT2D eigenvalue weighted by Gasteiger charge is 2.15. The number of benzene rings is 3. The second kappa shape index (κ2) is 11.6. The molecule has 0 spiro atoms. The van der Waals surface area contributed by atoms with Crippen molar-refractivity contribution in [2.24, 2.45) is 0 Å². The summed E-state index contributed by atoms with van der Waals surface area (Å²) < 4.78 is 28.8. The van der Waals surface area contributed by atoms with E-state index in [0.717, 1.165) is 0 Å². The van der Waals surface area contributed by atoms with Crippen molar-refractivity contribution in [3.05, 3.63) is 106 Å². The van der Waals surface area contributed by atoms with Gasteiger partial charge in [-0.15, -0.1) is 5.10 Å². The van der Waals surface area contributed by atoms with Gasteiger partial charge in [-0.3, -0.25) is 4.79 Å². The normalized spacial score (nSPS) is 11.1. The lowest BCUT2D eigenvalue weighted by molar-refractivity contribution is 0.104. The summed E-state index contributed by atoms with van der Waals surface area (Å²) in [6.07, 6.45) is 4.82. The molecule has 3 aromatic carbocycles. The highest BCUT2D eigenvalue weighted by Crippen LogP contribution is 2.40. The van der Waals surface area contributed by atoms with Gasteiger partial charge in [0.25, 0.3) is 0 Å². The lowest BCUT2D eigenvalue weighted by atomic mass is 10.1. The third kappa shape index (κ3) is 5.41. The molecule has 0 N–H and O–H groups in total. The fourth-order valence-electron chi connectivity index (χ4n) is 4.16. The highest BCUT2D eigenvalue weighted by atomic mass is 16.5. The van der Waals surface area contributed by atoms with Crippen molar-refractivity contribution in [3.8, 4) is 28.7 Å². The van der Waals surface area contributed by atoms with E-state index >= 15 is 0 Å². The van der Waals surface area contributed by atoms with E-state index < -0.39 is 5.63 Å². The molecule has 0 saturated carbocycles. The predicted octanol–water partition coefficient (Wildman–Crippen LogP) is 4.87. The Morgan fingerprint density at radius 2 is 1.75 bits per heavy atom. The molecule has 5 rings (SSSR count). The molecule has 202 valence electrons. The van der Waals surface area contributed by atoms with Crippen LogP contribution in [0.4, 0.5) is 0 Å². The Hall–Kier alpha value is -5.38. The maximum atomic E-state index is 13.0. The number of rotatable bonds is 10. The second-order valence-electron chi connectivity index (χ2n) is 8.54. The average molecular weight is 540 g/mol. The number of carbonyl (C=O) groups excluding carboxylic acids is 1. The molecule has 0 aliphatic rings. The Morgan fingerprint density at radius 3 is 2.55 bits per heavy atom. The summed E-state index contributed by atoms with van der Waals surface area (Å²) >= 11 is 0. The van der Waals surface area contributed by atoms with E-state index in [1.54, 1.807) is 66.5 Å². The van der Waals surface area contributed by atoms with E-state index in [0.29, 0.717) is 56.5 Å². The van der Waals surface area contributed by atoms with E-state index in [-0.39, 0.29) is 12.4 Å². The van der Waals surface area contributed by atoms with Gasteiger partial charge < -0.3 is 23.4 Å². The standard InChI is InChI=1S/C30H25N3O7/c1-36-26-14-12-19(29(37-2)30(26)38-3)11-13-24(34)20-7-6-8-22(15-20)33-17-21(31-32-33)18-39-27-16-28(35)40-25-10-5-4-9-23(25)27/h4-17H,18H2,1-3H3/b13-11+. The van der Waals surface area contributed by atoms with Crippen LogP contribution < -0.4 is 24.6 Å². The molecular formula is C30H25N3O7. The number of allylic oxidation sites excluding steroid dienone is 1. The van der Waals surface area contributed by atoms with Crippen LogP contribution in [0.3, 0.4) is 0 Å². The lowest BCUT2D eigenvalue weighted by Gasteiger charge is -2.13. The van der Waals surface area contributed by atoms with E-state index in [2.05, 4.69) is 10.3 Å². The molecule has 0 atom stereocenters. The van der Waals surface area contributed by atoms with Gasteiger partial charge in [0.1, 0.15) is 23.6 Å². The quantitative estimate of drug-likeness (QED) is 0.139. The molecule has 10 nitrogen and oxygen atoms in total. The number of nitrogens with zero attached hydrogens (tertiary/aromatic N) is 3. The fraction of sp³-hybridized carbons (Fsp3) is 0.133. The molecule has 0 saturated heterocycles. The first-order valence-electron chi connectivity index (χ1n) is 12.2. The molecule has 2 aromatic heterocycles. The van der Waals surface area contributed by atoms with Crippen LogP contribution in [-0.4, -0.2) is 42.1 Å². The van der Waals surface area contributed by atoms with Gasteiger partial charge in [0.2, 0.25) is 5.75 Å². The molecule has 10 heteroatoms. The van der Waals surface area contributed by atoms with Crippen molar-refractivity contribution in [2.75, 3.05) is 21.3 Å². The zero-order valence-corrected chi connectivity index (χ0v) is 22.0. The number of ether oxygens (including phenoxy) is 4. The van der Waals surface area contributed by atoms with Gasteiger partial charge in [-0.1, -0.05) is 29.5 Å². The SMILES string of the molecule is COc1ccc(/C=C/C(=O)c2cccc(-n3cc(COc4cc(=O)oc5ccccc45)nn3)c2)c(OC)c1OC. The maximum absolute atomic E-state index is 13.0. The van der Waals surface area contributed by atoms with Crippen LogP contribution in [0.2, 0.25) is 0 Å². The summed E-state index contributed by atoms with van der Waals surface area (Å²) in [4.78, 5) is 24.9. The summed E-state index contributed by atoms with van der Waals surface area (Å²) in [6.45, 7) is 0.0853. The third-order valence-corrected chi connectivity index (χ3v) is 6.07. The zero-order valence-electron chi connectivity index (χ0n) is 22.0. The number of carbonyl (C=O) groups is 1. The van der Waals surface area contributed by atoms with Crippen LogP contribution in [0.1, 0.15) is 21.6 Å². The molecule has 5 aromatic rings. The average Bonchev–Trinajstić information content (AvgIpc) is 3.47. The number of ketones is 1. The minimum atomic E-state index is -0.502. The summed E-state index contributed by atoms with van der Waals surface area (Å²) in [6, 6.07) is 19.0. The van der Waals surface area contributed by atoms with E-state index in [1.165, 1.54) is 26.4 Å². The highest BCUT2D eigenvalue weighted by molar-refractivity contribution is 6.07. The van der Waals surface area contributed by atoms with Crippen LogP contribution in [0.5, 0.6) is 23.0 Å². The molecule has 0 unspecified atom stereocenters. The van der Waals surface area contributed by atoms with Crippen molar-refractivity contribution in [2.45, 2.75) is 6.61 Å². The summed E-state index contributed by atoms with van der Waals surface area (Å²) in [5, 5.41) is 9.01. The Balaban J connectivity index is 1.32. The molecule has 0 fully saturated rings. The van der Waals surface area contributed by atoms with Gasteiger partial charge >= 0.3 is 5.63 Å². The monoisotopic (exact) mass is 539 g/mol. The number of hydrogen-bond acceptors (Lipinski definition) is 9. The number of hydrogen-bond donors (Lipinski definition) is 0. The minimum absolute atomic E-state index is 0.0853. The number of fused-ring (bicyclic) bond motifs is 1. The van der Waals surface area contributed by atoms with Gasteiger partial charge in [0.15, 0.2) is 17.3 Å². The molecule has 40 heavy (non-hydrogen) atoms. The Labute approximate surface area is 229 Å². The number of methoxy groups -OCH3 is 3. The lowest BCUT2D eigenvalue weighted by Crippen LogP contribution is -2.02.